The number of rotatable bonds is 6. The van der Waals surface area contributed by atoms with E-state index in [4.69, 9.17) is 23.8 Å². The number of carbonyl (C=O) groups is 2. The van der Waals surface area contributed by atoms with Gasteiger partial charge in [0.05, 0.1) is 4.91 Å². The molecule has 0 radical (unpaired) electrons. The third kappa shape index (κ3) is 5.55. The summed E-state index contributed by atoms with van der Waals surface area (Å²) >= 11 is 12.4. The lowest BCUT2D eigenvalue weighted by molar-refractivity contribution is -0.122. The monoisotopic (exact) mass is 428 g/mol. The minimum atomic E-state index is -0.190. The molecule has 4 nitrogen and oxygen atoms in total. The molecule has 1 saturated heterocycles. The number of benzene rings is 2. The number of amides is 2. The Hall–Kier alpha value is -2.41. The molecule has 2 aromatic carbocycles. The lowest BCUT2D eigenvalue weighted by Gasteiger charge is -2.14. The summed E-state index contributed by atoms with van der Waals surface area (Å²) in [4.78, 5) is 26.7. The summed E-state index contributed by atoms with van der Waals surface area (Å²) in [7, 11) is 0. The molecule has 3 rings (SSSR count). The van der Waals surface area contributed by atoms with E-state index in [0.29, 0.717) is 19.9 Å². The minimum Gasteiger partial charge on any atom is -0.326 e. The molecular weight excluding hydrogens is 412 g/mol. The SMILES string of the molecule is O=C(CCN1C(=O)C(=CC=Cc2ccccc2)SC1=S)Nc1ccc(Cl)cc1. The van der Waals surface area contributed by atoms with Crippen LogP contribution in [0, 0.1) is 0 Å². The fourth-order valence-electron chi connectivity index (χ4n) is 2.49. The van der Waals surface area contributed by atoms with Crippen LogP contribution in [0.1, 0.15) is 12.0 Å². The van der Waals surface area contributed by atoms with Crippen LogP contribution in [0.2, 0.25) is 5.02 Å². The van der Waals surface area contributed by atoms with Crippen LogP contribution in [-0.4, -0.2) is 27.6 Å². The molecule has 142 valence electrons. The first kappa shape index (κ1) is 20.3. The fraction of sp³-hybridized carbons (Fsp3) is 0.0952. The zero-order chi connectivity index (χ0) is 19.9. The molecule has 0 unspecified atom stereocenters. The van der Waals surface area contributed by atoms with Gasteiger partial charge in [0, 0.05) is 23.7 Å². The maximum absolute atomic E-state index is 12.5. The molecule has 1 N–H and O–H groups in total. The summed E-state index contributed by atoms with van der Waals surface area (Å²) in [6.07, 6.45) is 5.66. The lowest BCUT2D eigenvalue weighted by atomic mass is 10.2. The van der Waals surface area contributed by atoms with E-state index in [0.717, 1.165) is 5.56 Å². The Labute approximate surface area is 178 Å². The Morgan fingerprint density at radius 2 is 1.86 bits per heavy atom. The van der Waals surface area contributed by atoms with E-state index in [1.165, 1.54) is 16.7 Å². The van der Waals surface area contributed by atoms with E-state index in [2.05, 4.69) is 5.32 Å². The average Bonchev–Trinajstić information content (AvgIpc) is 2.96. The summed E-state index contributed by atoms with van der Waals surface area (Å²) < 4.78 is 0.462. The van der Waals surface area contributed by atoms with Crippen molar-refractivity contribution >= 4 is 63.5 Å². The number of anilines is 1. The molecule has 0 bridgehead atoms. The van der Waals surface area contributed by atoms with Crippen LogP contribution >= 0.6 is 35.6 Å². The van der Waals surface area contributed by atoms with Crippen LogP contribution < -0.4 is 5.32 Å². The molecule has 2 amide bonds. The standard InChI is InChI=1S/C21H17ClN2O2S2/c22-16-9-11-17(12-10-16)23-19(25)13-14-24-20(26)18(28-21(24)27)8-4-7-15-5-2-1-3-6-15/h1-12H,13-14H2,(H,23,25). The number of halogens is 1. The quantitative estimate of drug-likeness (QED) is 0.512. The number of allylic oxidation sites excluding steroid dienone is 2. The number of nitrogens with zero attached hydrogens (tertiary/aromatic N) is 1. The number of carbonyl (C=O) groups excluding carboxylic acids is 2. The van der Waals surface area contributed by atoms with Gasteiger partial charge in [0.15, 0.2) is 0 Å². The van der Waals surface area contributed by atoms with E-state index in [-0.39, 0.29) is 24.8 Å². The third-order valence-electron chi connectivity index (χ3n) is 3.90. The average molecular weight is 429 g/mol. The third-order valence-corrected chi connectivity index (χ3v) is 5.55. The van der Waals surface area contributed by atoms with Crippen molar-refractivity contribution in [2.75, 3.05) is 11.9 Å². The van der Waals surface area contributed by atoms with Gasteiger partial charge in [-0.3, -0.25) is 14.5 Å². The minimum absolute atomic E-state index is 0.155. The van der Waals surface area contributed by atoms with Gasteiger partial charge in [-0.25, -0.2) is 0 Å². The Kier molecular flexibility index (Phi) is 7.03. The first-order chi connectivity index (χ1) is 13.5. The van der Waals surface area contributed by atoms with Gasteiger partial charge in [-0.05, 0) is 35.9 Å². The summed E-state index contributed by atoms with van der Waals surface area (Å²) in [5, 5.41) is 3.38. The Morgan fingerprint density at radius 1 is 1.14 bits per heavy atom. The van der Waals surface area contributed by atoms with E-state index in [9.17, 15) is 9.59 Å². The van der Waals surface area contributed by atoms with Crippen molar-refractivity contribution in [3.05, 3.63) is 82.2 Å². The molecule has 0 atom stereocenters. The van der Waals surface area contributed by atoms with Crippen molar-refractivity contribution in [3.63, 3.8) is 0 Å². The molecule has 0 aliphatic carbocycles. The Bertz CT molecular complexity index is 941. The number of nitrogens with one attached hydrogen (secondary N) is 1. The first-order valence-corrected chi connectivity index (χ1v) is 10.2. The van der Waals surface area contributed by atoms with Crippen molar-refractivity contribution in [1.29, 1.82) is 0 Å². The van der Waals surface area contributed by atoms with Gasteiger partial charge in [-0.2, -0.15) is 0 Å². The second-order valence-electron chi connectivity index (χ2n) is 5.93. The molecular formula is C21H17ClN2O2S2. The number of thiocarbonyl (C=S) groups is 1. The van der Waals surface area contributed by atoms with Crippen LogP contribution in [0.15, 0.2) is 71.7 Å². The molecule has 0 aromatic heterocycles. The van der Waals surface area contributed by atoms with Gasteiger partial charge in [-0.1, -0.05) is 78.1 Å². The summed E-state index contributed by atoms with van der Waals surface area (Å²) in [6.45, 7) is 0.240. The highest BCUT2D eigenvalue weighted by Crippen LogP contribution is 2.31. The predicted molar refractivity (Wildman–Crippen MR) is 120 cm³/mol. The van der Waals surface area contributed by atoms with Gasteiger partial charge < -0.3 is 5.32 Å². The van der Waals surface area contributed by atoms with Crippen molar-refractivity contribution < 1.29 is 9.59 Å². The number of hydrogen-bond acceptors (Lipinski definition) is 4. The maximum Gasteiger partial charge on any atom is 0.266 e. The second-order valence-corrected chi connectivity index (χ2v) is 8.04. The normalized spacial score (nSPS) is 15.6. The fourth-order valence-corrected chi connectivity index (χ4v) is 3.87. The van der Waals surface area contributed by atoms with E-state index in [1.54, 1.807) is 30.3 Å². The maximum atomic E-state index is 12.5. The van der Waals surface area contributed by atoms with Crippen molar-refractivity contribution in [1.82, 2.24) is 4.90 Å². The molecule has 7 heteroatoms. The first-order valence-electron chi connectivity index (χ1n) is 8.55. The van der Waals surface area contributed by atoms with E-state index in [1.807, 2.05) is 42.5 Å². The van der Waals surface area contributed by atoms with E-state index < -0.39 is 0 Å². The van der Waals surface area contributed by atoms with Gasteiger partial charge in [0.2, 0.25) is 5.91 Å². The summed E-state index contributed by atoms with van der Waals surface area (Å²) in [5.74, 6) is -0.365. The summed E-state index contributed by atoms with van der Waals surface area (Å²) in [5.41, 5.74) is 1.71. The van der Waals surface area contributed by atoms with Crippen LogP contribution in [0.5, 0.6) is 0 Å². The molecule has 2 aromatic rings. The van der Waals surface area contributed by atoms with Gasteiger partial charge >= 0.3 is 0 Å². The zero-order valence-electron chi connectivity index (χ0n) is 14.8. The predicted octanol–water partition coefficient (Wildman–Crippen LogP) is 5.13. The highest BCUT2D eigenvalue weighted by atomic mass is 35.5. The Morgan fingerprint density at radius 3 is 2.57 bits per heavy atom. The molecule has 28 heavy (non-hydrogen) atoms. The van der Waals surface area contributed by atoms with Crippen LogP contribution in [0.3, 0.4) is 0 Å². The molecule has 0 spiro atoms. The molecule has 1 fully saturated rings. The molecule has 1 heterocycles. The van der Waals surface area contributed by atoms with Crippen molar-refractivity contribution in [3.8, 4) is 0 Å². The topological polar surface area (TPSA) is 49.4 Å². The lowest BCUT2D eigenvalue weighted by Crippen LogP contribution is -2.31. The van der Waals surface area contributed by atoms with Gasteiger partial charge in [0.1, 0.15) is 4.32 Å². The van der Waals surface area contributed by atoms with Crippen molar-refractivity contribution in [2.24, 2.45) is 0 Å². The highest BCUT2D eigenvalue weighted by Gasteiger charge is 2.31. The largest absolute Gasteiger partial charge is 0.326 e. The van der Waals surface area contributed by atoms with Crippen molar-refractivity contribution in [2.45, 2.75) is 6.42 Å². The number of thioether (sulfide) groups is 1. The molecule has 1 aliphatic heterocycles. The van der Waals surface area contributed by atoms with Gasteiger partial charge in [-0.15, -0.1) is 0 Å². The molecule has 1 aliphatic rings. The molecule has 0 saturated carbocycles. The number of hydrogen-bond donors (Lipinski definition) is 1. The van der Waals surface area contributed by atoms with Gasteiger partial charge in [0.25, 0.3) is 5.91 Å². The zero-order valence-corrected chi connectivity index (χ0v) is 17.2. The van der Waals surface area contributed by atoms with E-state index >= 15 is 0 Å². The second kappa shape index (κ2) is 9.68. The smallest absolute Gasteiger partial charge is 0.266 e. The highest BCUT2D eigenvalue weighted by molar-refractivity contribution is 8.26. The summed E-state index contributed by atoms with van der Waals surface area (Å²) in [6, 6.07) is 16.7. The van der Waals surface area contributed by atoms with Crippen LogP contribution in [-0.2, 0) is 9.59 Å². The van der Waals surface area contributed by atoms with Crippen LogP contribution in [0.4, 0.5) is 5.69 Å². The van der Waals surface area contributed by atoms with Crippen LogP contribution in [0.25, 0.3) is 6.08 Å². The Balaban J connectivity index is 1.54.